The van der Waals surface area contributed by atoms with Gasteiger partial charge in [0.15, 0.2) is 0 Å². The maximum atomic E-state index is 13.9. The Hall–Kier alpha value is -1.04. The van der Waals surface area contributed by atoms with Gasteiger partial charge in [0.25, 0.3) is 0 Å². The van der Waals surface area contributed by atoms with Crippen molar-refractivity contribution < 1.29 is 4.39 Å². The predicted molar refractivity (Wildman–Crippen MR) is 88.3 cm³/mol. The summed E-state index contributed by atoms with van der Waals surface area (Å²) in [7, 11) is 0. The Morgan fingerprint density at radius 3 is 2.60 bits per heavy atom. The average molecular weight is 413 g/mol. The summed E-state index contributed by atoms with van der Waals surface area (Å²) >= 11 is 8.24. The van der Waals surface area contributed by atoms with E-state index in [2.05, 4.69) is 36.8 Å². The molecule has 0 spiro atoms. The van der Waals surface area contributed by atoms with E-state index in [9.17, 15) is 4.39 Å². The first-order valence-electron chi connectivity index (χ1n) is 5.80. The molecule has 0 fully saturated rings. The molecule has 0 amide bonds. The van der Waals surface area contributed by atoms with E-state index in [1.54, 1.807) is 12.1 Å². The normalized spacial score (nSPS) is 10.8. The minimum atomic E-state index is -0.261. The lowest BCUT2D eigenvalue weighted by molar-refractivity contribution is 0.631. The molecule has 1 nitrogen and oxygen atoms in total. The third-order valence-electron chi connectivity index (χ3n) is 2.78. The SMILES string of the molecule is Fc1ccc(Br)cc1-c1nc(-c2cccc(Br)c2)cs1. The number of nitrogens with zero attached hydrogens (tertiary/aromatic N) is 1. The van der Waals surface area contributed by atoms with Crippen LogP contribution in [0.1, 0.15) is 0 Å². The first-order chi connectivity index (χ1) is 9.63. The summed E-state index contributed by atoms with van der Waals surface area (Å²) < 4.78 is 15.7. The average Bonchev–Trinajstić information content (AvgIpc) is 2.91. The maximum Gasteiger partial charge on any atom is 0.133 e. The number of hydrogen-bond acceptors (Lipinski definition) is 2. The van der Waals surface area contributed by atoms with Crippen molar-refractivity contribution in [3.8, 4) is 21.8 Å². The minimum absolute atomic E-state index is 0.261. The van der Waals surface area contributed by atoms with Crippen molar-refractivity contribution in [3.05, 3.63) is 62.6 Å². The molecule has 3 rings (SSSR count). The minimum Gasteiger partial charge on any atom is -0.236 e. The summed E-state index contributed by atoms with van der Waals surface area (Å²) in [6.45, 7) is 0. The third kappa shape index (κ3) is 2.85. The summed E-state index contributed by atoms with van der Waals surface area (Å²) in [5.41, 5.74) is 2.38. The maximum absolute atomic E-state index is 13.9. The van der Waals surface area contributed by atoms with Crippen LogP contribution in [0.25, 0.3) is 21.8 Å². The molecule has 5 heteroatoms. The van der Waals surface area contributed by atoms with Gasteiger partial charge in [0, 0.05) is 25.5 Å². The van der Waals surface area contributed by atoms with Gasteiger partial charge in [-0.05, 0) is 30.3 Å². The molecule has 0 unspecified atom stereocenters. The lowest BCUT2D eigenvalue weighted by Crippen LogP contribution is -1.84. The Morgan fingerprint density at radius 1 is 1.00 bits per heavy atom. The predicted octanol–water partition coefficient (Wildman–Crippen LogP) is 6.14. The highest BCUT2D eigenvalue weighted by atomic mass is 79.9. The lowest BCUT2D eigenvalue weighted by atomic mass is 10.2. The fourth-order valence-electron chi connectivity index (χ4n) is 1.84. The van der Waals surface area contributed by atoms with Crippen LogP contribution in [0.2, 0.25) is 0 Å². The number of aromatic nitrogens is 1. The molecule has 0 aliphatic rings. The second kappa shape index (κ2) is 5.76. The molecule has 0 saturated carbocycles. The Morgan fingerprint density at radius 2 is 1.80 bits per heavy atom. The van der Waals surface area contributed by atoms with Gasteiger partial charge in [-0.3, -0.25) is 0 Å². The lowest BCUT2D eigenvalue weighted by Gasteiger charge is -2.00. The molecule has 1 heterocycles. The monoisotopic (exact) mass is 411 g/mol. The number of halogens is 3. The van der Waals surface area contributed by atoms with E-state index in [1.807, 2.05) is 29.6 Å². The van der Waals surface area contributed by atoms with Gasteiger partial charge < -0.3 is 0 Å². The zero-order valence-corrected chi connectivity index (χ0v) is 14.1. The largest absolute Gasteiger partial charge is 0.236 e. The molecule has 0 radical (unpaired) electrons. The smallest absolute Gasteiger partial charge is 0.133 e. The van der Waals surface area contributed by atoms with Gasteiger partial charge >= 0.3 is 0 Å². The number of thiazole rings is 1. The Bertz CT molecular complexity index is 770. The summed E-state index contributed by atoms with van der Waals surface area (Å²) in [6, 6.07) is 12.8. The van der Waals surface area contributed by atoms with Crippen LogP contribution in [-0.2, 0) is 0 Å². The fraction of sp³-hybridized carbons (Fsp3) is 0. The molecule has 0 N–H and O–H groups in total. The Balaban J connectivity index is 2.04. The Labute approximate surface area is 136 Å². The van der Waals surface area contributed by atoms with Crippen molar-refractivity contribution in [2.24, 2.45) is 0 Å². The molecule has 0 bridgehead atoms. The van der Waals surface area contributed by atoms with Gasteiger partial charge in [0.05, 0.1) is 5.69 Å². The second-order valence-corrected chi connectivity index (χ2v) is 6.86. The van der Waals surface area contributed by atoms with Gasteiger partial charge in [0.2, 0.25) is 0 Å². The number of rotatable bonds is 2. The van der Waals surface area contributed by atoms with Crippen LogP contribution >= 0.6 is 43.2 Å². The van der Waals surface area contributed by atoms with E-state index in [4.69, 9.17) is 0 Å². The molecular formula is C15H8Br2FNS. The highest BCUT2D eigenvalue weighted by Crippen LogP contribution is 2.32. The van der Waals surface area contributed by atoms with E-state index >= 15 is 0 Å². The molecular weight excluding hydrogens is 405 g/mol. The summed E-state index contributed by atoms with van der Waals surface area (Å²) in [4.78, 5) is 4.53. The van der Waals surface area contributed by atoms with Crippen LogP contribution in [0.3, 0.4) is 0 Å². The van der Waals surface area contributed by atoms with E-state index in [1.165, 1.54) is 17.4 Å². The molecule has 2 aromatic carbocycles. The van der Waals surface area contributed by atoms with Gasteiger partial charge in [-0.25, -0.2) is 9.37 Å². The topological polar surface area (TPSA) is 12.9 Å². The van der Waals surface area contributed by atoms with Crippen LogP contribution < -0.4 is 0 Å². The number of hydrogen-bond donors (Lipinski definition) is 0. The van der Waals surface area contributed by atoms with Crippen molar-refractivity contribution in [2.75, 3.05) is 0 Å². The molecule has 0 aliphatic carbocycles. The first-order valence-corrected chi connectivity index (χ1v) is 8.27. The highest BCUT2D eigenvalue weighted by molar-refractivity contribution is 9.10. The van der Waals surface area contributed by atoms with Gasteiger partial charge in [0.1, 0.15) is 10.8 Å². The van der Waals surface area contributed by atoms with Crippen molar-refractivity contribution >= 4 is 43.2 Å². The van der Waals surface area contributed by atoms with Gasteiger partial charge in [-0.15, -0.1) is 11.3 Å². The van der Waals surface area contributed by atoms with Crippen LogP contribution in [0.5, 0.6) is 0 Å². The van der Waals surface area contributed by atoms with Crippen LogP contribution in [-0.4, -0.2) is 4.98 Å². The second-order valence-electron chi connectivity index (χ2n) is 4.17. The van der Waals surface area contributed by atoms with Crippen molar-refractivity contribution in [1.29, 1.82) is 0 Å². The molecule has 3 aromatic rings. The van der Waals surface area contributed by atoms with Crippen LogP contribution in [0, 0.1) is 5.82 Å². The summed E-state index contributed by atoms with van der Waals surface area (Å²) in [6.07, 6.45) is 0. The first kappa shape index (κ1) is 13.9. The standard InChI is InChI=1S/C15H8Br2FNS/c16-10-3-1-2-9(6-10)14-8-20-15(19-14)12-7-11(17)4-5-13(12)18/h1-8H. The van der Waals surface area contributed by atoms with E-state index < -0.39 is 0 Å². The van der Waals surface area contributed by atoms with Gasteiger partial charge in [-0.2, -0.15) is 0 Å². The quantitative estimate of drug-likeness (QED) is 0.492. The highest BCUT2D eigenvalue weighted by Gasteiger charge is 2.11. The molecule has 20 heavy (non-hydrogen) atoms. The van der Waals surface area contributed by atoms with Crippen molar-refractivity contribution in [1.82, 2.24) is 4.98 Å². The zero-order valence-electron chi connectivity index (χ0n) is 10.1. The van der Waals surface area contributed by atoms with E-state index in [0.717, 1.165) is 20.2 Å². The number of benzene rings is 2. The molecule has 0 saturated heterocycles. The molecule has 0 atom stereocenters. The molecule has 100 valence electrons. The zero-order chi connectivity index (χ0) is 14.1. The van der Waals surface area contributed by atoms with Crippen molar-refractivity contribution in [2.45, 2.75) is 0 Å². The molecule has 1 aromatic heterocycles. The van der Waals surface area contributed by atoms with E-state index in [-0.39, 0.29) is 5.82 Å². The third-order valence-corrected chi connectivity index (χ3v) is 4.65. The summed E-state index contributed by atoms with van der Waals surface area (Å²) in [5.74, 6) is -0.261. The van der Waals surface area contributed by atoms with E-state index in [0.29, 0.717) is 10.6 Å². The Kier molecular flexibility index (Phi) is 4.01. The summed E-state index contributed by atoms with van der Waals surface area (Å²) in [5, 5.41) is 2.62. The van der Waals surface area contributed by atoms with Crippen LogP contribution in [0.4, 0.5) is 4.39 Å². The fourth-order valence-corrected chi connectivity index (χ4v) is 3.45. The van der Waals surface area contributed by atoms with Crippen molar-refractivity contribution in [3.63, 3.8) is 0 Å². The molecule has 0 aliphatic heterocycles. The van der Waals surface area contributed by atoms with Crippen LogP contribution in [0.15, 0.2) is 56.8 Å². The van der Waals surface area contributed by atoms with Gasteiger partial charge in [-0.1, -0.05) is 44.0 Å².